The molecule has 1 saturated heterocycles. The Morgan fingerprint density at radius 1 is 1.16 bits per heavy atom. The normalized spacial score (nSPS) is 15.4. The highest BCUT2D eigenvalue weighted by Gasteiger charge is 2.16. The van der Waals surface area contributed by atoms with Gasteiger partial charge < -0.3 is 14.2 Å². The molecule has 166 valence electrons. The molecule has 2 N–H and O–H groups in total. The number of rotatable bonds is 9. The van der Waals surface area contributed by atoms with Gasteiger partial charge in [0.05, 0.1) is 12.7 Å². The van der Waals surface area contributed by atoms with E-state index in [2.05, 4.69) is 10.9 Å². The molecule has 31 heavy (non-hydrogen) atoms. The van der Waals surface area contributed by atoms with Crippen LogP contribution in [0.25, 0.3) is 0 Å². The first-order valence-electron chi connectivity index (χ1n) is 10.3. The van der Waals surface area contributed by atoms with Crippen LogP contribution in [0.1, 0.15) is 41.6 Å². The van der Waals surface area contributed by atoms with Gasteiger partial charge in [0.25, 0.3) is 5.91 Å². The Bertz CT molecular complexity index is 899. The molecule has 0 bridgehead atoms. The number of carbonyl (C=O) groups is 2. The van der Waals surface area contributed by atoms with Crippen LogP contribution in [0.2, 0.25) is 5.02 Å². The number of carbonyl (C=O) groups excluding carboxylic acids is 2. The van der Waals surface area contributed by atoms with Gasteiger partial charge in [-0.2, -0.15) is 0 Å². The smallest absolute Gasteiger partial charge is 0.269 e. The van der Waals surface area contributed by atoms with Crippen molar-refractivity contribution in [1.82, 2.24) is 10.9 Å². The molecule has 1 aliphatic rings. The third kappa shape index (κ3) is 7.45. The number of amides is 2. The third-order valence-corrected chi connectivity index (χ3v) is 5.05. The van der Waals surface area contributed by atoms with Crippen molar-refractivity contribution >= 4 is 23.4 Å². The van der Waals surface area contributed by atoms with E-state index in [1.807, 2.05) is 13.0 Å². The van der Waals surface area contributed by atoms with Crippen LogP contribution in [0, 0.1) is 6.92 Å². The van der Waals surface area contributed by atoms with Crippen LogP contribution >= 0.6 is 11.6 Å². The molecule has 3 rings (SSSR count). The Balaban J connectivity index is 1.35. The lowest BCUT2D eigenvalue weighted by molar-refractivity contribution is -0.122. The Labute approximate surface area is 187 Å². The fourth-order valence-electron chi connectivity index (χ4n) is 3.14. The predicted octanol–water partition coefficient (Wildman–Crippen LogP) is 3.83. The minimum Gasteiger partial charge on any atom is -0.493 e. The maximum Gasteiger partial charge on any atom is 0.269 e. The van der Waals surface area contributed by atoms with E-state index in [9.17, 15) is 9.59 Å². The summed E-state index contributed by atoms with van der Waals surface area (Å²) in [4.78, 5) is 24.3. The van der Waals surface area contributed by atoms with Crippen LogP contribution in [-0.4, -0.2) is 37.7 Å². The molecular weight excluding hydrogens is 420 g/mol. The van der Waals surface area contributed by atoms with Gasteiger partial charge in [0, 0.05) is 23.6 Å². The average molecular weight is 447 g/mol. The largest absolute Gasteiger partial charge is 0.493 e. The zero-order valence-corrected chi connectivity index (χ0v) is 18.2. The number of ether oxygens (including phenoxy) is 3. The SMILES string of the molecule is Cc1cc(Cl)ccc1OCCCC(=O)NNC(=O)c1cccc(OCC2CCCO2)c1. The summed E-state index contributed by atoms with van der Waals surface area (Å²) in [6.07, 6.45) is 2.86. The second-order valence-electron chi connectivity index (χ2n) is 7.34. The second kappa shape index (κ2) is 11.6. The first-order chi connectivity index (χ1) is 15.0. The molecular formula is C23H27ClN2O5. The molecule has 0 saturated carbocycles. The highest BCUT2D eigenvalue weighted by molar-refractivity contribution is 6.30. The van der Waals surface area contributed by atoms with Gasteiger partial charge in [-0.05, 0) is 68.1 Å². The standard InChI is InChI=1S/C23H27ClN2O5/c1-16-13-18(24)9-10-21(16)30-12-4-8-22(27)25-26-23(28)17-5-2-6-19(14-17)31-15-20-7-3-11-29-20/h2,5-6,9-10,13-14,20H,3-4,7-8,11-12,15H2,1H3,(H,25,27)(H,26,28). The zero-order valence-electron chi connectivity index (χ0n) is 17.5. The topological polar surface area (TPSA) is 85.9 Å². The summed E-state index contributed by atoms with van der Waals surface area (Å²) in [6, 6.07) is 12.2. The first-order valence-corrected chi connectivity index (χ1v) is 10.7. The van der Waals surface area contributed by atoms with Gasteiger partial charge >= 0.3 is 0 Å². The summed E-state index contributed by atoms with van der Waals surface area (Å²) in [7, 11) is 0. The van der Waals surface area contributed by atoms with Gasteiger partial charge in [0.1, 0.15) is 18.1 Å². The molecule has 0 radical (unpaired) electrons. The number of hydrogen-bond donors (Lipinski definition) is 2. The summed E-state index contributed by atoms with van der Waals surface area (Å²) in [5, 5.41) is 0.653. The van der Waals surface area contributed by atoms with Crippen LogP contribution in [0.15, 0.2) is 42.5 Å². The van der Waals surface area contributed by atoms with E-state index in [1.54, 1.807) is 36.4 Å². The summed E-state index contributed by atoms with van der Waals surface area (Å²) in [5.74, 6) is 0.614. The maximum absolute atomic E-state index is 12.3. The lowest BCUT2D eigenvalue weighted by Gasteiger charge is -2.12. The highest BCUT2D eigenvalue weighted by atomic mass is 35.5. The third-order valence-electron chi connectivity index (χ3n) is 4.81. The van der Waals surface area contributed by atoms with Crippen molar-refractivity contribution in [2.24, 2.45) is 0 Å². The number of halogens is 1. The number of hydrazine groups is 1. The average Bonchev–Trinajstić information content (AvgIpc) is 3.29. The summed E-state index contributed by atoms with van der Waals surface area (Å²) in [5.41, 5.74) is 6.18. The molecule has 7 nitrogen and oxygen atoms in total. The van der Waals surface area contributed by atoms with E-state index in [4.69, 9.17) is 25.8 Å². The number of aryl methyl sites for hydroxylation is 1. The van der Waals surface area contributed by atoms with Crippen molar-refractivity contribution in [2.75, 3.05) is 19.8 Å². The lowest BCUT2D eigenvalue weighted by atomic mass is 10.2. The lowest BCUT2D eigenvalue weighted by Crippen LogP contribution is -2.41. The summed E-state index contributed by atoms with van der Waals surface area (Å²) >= 11 is 5.92. The van der Waals surface area contributed by atoms with Gasteiger partial charge in [0.15, 0.2) is 0 Å². The van der Waals surface area contributed by atoms with Crippen LogP contribution in [0.3, 0.4) is 0 Å². The Morgan fingerprint density at radius 2 is 2.03 bits per heavy atom. The summed E-state index contributed by atoms with van der Waals surface area (Å²) < 4.78 is 16.9. The number of benzene rings is 2. The number of nitrogens with one attached hydrogen (secondary N) is 2. The molecule has 0 aliphatic carbocycles. The van der Waals surface area contributed by atoms with Crippen LogP contribution in [-0.2, 0) is 9.53 Å². The Kier molecular flexibility index (Phi) is 8.55. The van der Waals surface area contributed by atoms with E-state index >= 15 is 0 Å². The van der Waals surface area contributed by atoms with Gasteiger partial charge in [-0.1, -0.05) is 17.7 Å². The van der Waals surface area contributed by atoms with Crippen LogP contribution in [0.4, 0.5) is 0 Å². The fraction of sp³-hybridized carbons (Fsp3) is 0.391. The minimum absolute atomic E-state index is 0.101. The Hall–Kier alpha value is -2.77. The molecule has 2 aromatic carbocycles. The molecule has 2 amide bonds. The van der Waals surface area contributed by atoms with Gasteiger partial charge in [-0.3, -0.25) is 20.4 Å². The minimum atomic E-state index is -0.413. The van der Waals surface area contributed by atoms with Crippen LogP contribution in [0.5, 0.6) is 11.5 Å². The Morgan fingerprint density at radius 3 is 2.81 bits per heavy atom. The van der Waals surface area contributed by atoms with Crippen molar-refractivity contribution < 1.29 is 23.8 Å². The molecule has 1 unspecified atom stereocenters. The molecule has 0 aromatic heterocycles. The van der Waals surface area contributed by atoms with Gasteiger partial charge in [-0.25, -0.2) is 0 Å². The van der Waals surface area contributed by atoms with Crippen molar-refractivity contribution in [3.05, 3.63) is 58.6 Å². The van der Waals surface area contributed by atoms with E-state index in [0.29, 0.717) is 36.0 Å². The second-order valence-corrected chi connectivity index (χ2v) is 7.77. The van der Waals surface area contributed by atoms with E-state index < -0.39 is 5.91 Å². The molecule has 1 fully saturated rings. The van der Waals surface area contributed by atoms with Crippen LogP contribution < -0.4 is 20.3 Å². The van der Waals surface area contributed by atoms with E-state index in [0.717, 1.165) is 30.8 Å². The quantitative estimate of drug-likeness (QED) is 0.451. The van der Waals surface area contributed by atoms with Crippen molar-refractivity contribution in [3.8, 4) is 11.5 Å². The van der Waals surface area contributed by atoms with Crippen molar-refractivity contribution in [3.63, 3.8) is 0 Å². The van der Waals surface area contributed by atoms with Gasteiger partial charge in [-0.15, -0.1) is 0 Å². The molecule has 2 aromatic rings. The number of hydrogen-bond acceptors (Lipinski definition) is 5. The molecule has 1 atom stereocenters. The van der Waals surface area contributed by atoms with E-state index in [-0.39, 0.29) is 18.4 Å². The highest BCUT2D eigenvalue weighted by Crippen LogP contribution is 2.22. The van der Waals surface area contributed by atoms with Crippen molar-refractivity contribution in [1.29, 1.82) is 0 Å². The molecule has 0 spiro atoms. The molecule has 8 heteroatoms. The van der Waals surface area contributed by atoms with Crippen molar-refractivity contribution in [2.45, 2.75) is 38.7 Å². The molecule has 1 aliphatic heterocycles. The zero-order chi connectivity index (χ0) is 22.1. The summed E-state index contributed by atoms with van der Waals surface area (Å²) in [6.45, 7) is 3.52. The monoisotopic (exact) mass is 446 g/mol. The predicted molar refractivity (Wildman–Crippen MR) is 117 cm³/mol. The maximum atomic E-state index is 12.3. The van der Waals surface area contributed by atoms with Gasteiger partial charge in [0.2, 0.25) is 5.91 Å². The fourth-order valence-corrected chi connectivity index (χ4v) is 3.37. The van der Waals surface area contributed by atoms with E-state index in [1.165, 1.54) is 0 Å². The molecule has 1 heterocycles. The first kappa shape index (κ1) is 22.9.